The highest BCUT2D eigenvalue weighted by Gasteiger charge is 2.12. The molecule has 0 unspecified atom stereocenters. The largest absolute Gasteiger partial charge is 0.496 e. The molecular formula is C20H20ClIN4O4S. The van der Waals surface area contributed by atoms with Gasteiger partial charge in [-0.15, -0.1) is 0 Å². The summed E-state index contributed by atoms with van der Waals surface area (Å²) in [6, 6.07) is 10.1. The highest BCUT2D eigenvalue weighted by Crippen LogP contribution is 2.23. The van der Waals surface area contributed by atoms with Crippen molar-refractivity contribution < 1.29 is 19.1 Å². The van der Waals surface area contributed by atoms with Crippen LogP contribution in [0, 0.1) is 10.5 Å². The van der Waals surface area contributed by atoms with Gasteiger partial charge in [-0.1, -0.05) is 17.7 Å². The molecule has 31 heavy (non-hydrogen) atoms. The summed E-state index contributed by atoms with van der Waals surface area (Å²) in [5.74, 6) is -0.581. The van der Waals surface area contributed by atoms with Crippen molar-refractivity contribution in [2.45, 2.75) is 19.8 Å². The number of hydrazine groups is 1. The lowest BCUT2D eigenvalue weighted by atomic mass is 10.2. The van der Waals surface area contributed by atoms with Gasteiger partial charge in [0.2, 0.25) is 11.8 Å². The molecule has 0 atom stereocenters. The van der Waals surface area contributed by atoms with E-state index in [0.29, 0.717) is 22.0 Å². The van der Waals surface area contributed by atoms with E-state index >= 15 is 0 Å². The highest BCUT2D eigenvalue weighted by atomic mass is 127. The van der Waals surface area contributed by atoms with E-state index in [1.165, 1.54) is 0 Å². The molecule has 8 nitrogen and oxygen atoms in total. The zero-order valence-electron chi connectivity index (χ0n) is 16.7. The number of anilines is 1. The Labute approximate surface area is 203 Å². The summed E-state index contributed by atoms with van der Waals surface area (Å²) in [6.07, 6.45) is -0.117. The van der Waals surface area contributed by atoms with Gasteiger partial charge in [-0.2, -0.15) is 0 Å². The average Bonchev–Trinajstić information content (AvgIpc) is 2.74. The van der Waals surface area contributed by atoms with Crippen LogP contribution in [-0.4, -0.2) is 29.9 Å². The maximum Gasteiger partial charge on any atom is 0.257 e. The van der Waals surface area contributed by atoms with E-state index in [2.05, 4.69) is 44.1 Å². The molecule has 2 rings (SSSR count). The molecule has 0 aliphatic carbocycles. The van der Waals surface area contributed by atoms with Gasteiger partial charge in [0.1, 0.15) is 5.75 Å². The smallest absolute Gasteiger partial charge is 0.257 e. The first-order valence-electron chi connectivity index (χ1n) is 9.00. The zero-order chi connectivity index (χ0) is 23.0. The lowest BCUT2D eigenvalue weighted by molar-refractivity contribution is -0.124. The molecule has 0 saturated carbocycles. The van der Waals surface area contributed by atoms with Gasteiger partial charge < -0.3 is 10.1 Å². The second-order valence-electron chi connectivity index (χ2n) is 6.27. The number of carbonyl (C=O) groups excluding carboxylic acids is 3. The topological polar surface area (TPSA) is 109 Å². The van der Waals surface area contributed by atoms with E-state index in [0.717, 1.165) is 9.13 Å². The number of hydrogen-bond donors (Lipinski definition) is 4. The summed E-state index contributed by atoms with van der Waals surface area (Å²) in [5, 5.41) is 5.63. The standard InChI is InChI=1S/C20H20ClIN4O4S/c1-11-13(21)4-3-5-15(11)23-17(27)8-9-18(28)25-26-20(31)24-19(29)12-6-7-16(30-2)14(22)10-12/h3-7,10H,8-9H2,1-2H3,(H,23,27)(H,25,28)(H2,24,26,29,31). The third-order valence-corrected chi connectivity index (χ3v) is 5.53. The lowest BCUT2D eigenvalue weighted by Crippen LogP contribution is -2.48. The van der Waals surface area contributed by atoms with Crippen molar-refractivity contribution in [1.29, 1.82) is 0 Å². The van der Waals surface area contributed by atoms with Crippen molar-refractivity contribution in [3.8, 4) is 5.75 Å². The quantitative estimate of drug-likeness (QED) is 0.240. The molecule has 0 spiro atoms. The van der Waals surface area contributed by atoms with Gasteiger partial charge in [-0.3, -0.25) is 30.6 Å². The molecule has 0 aliphatic rings. The highest BCUT2D eigenvalue weighted by molar-refractivity contribution is 14.1. The summed E-state index contributed by atoms with van der Waals surface area (Å²) in [6.45, 7) is 1.79. The minimum atomic E-state index is -0.464. The molecule has 0 radical (unpaired) electrons. The molecule has 0 heterocycles. The van der Waals surface area contributed by atoms with Gasteiger partial charge in [-0.05, 0) is 77.6 Å². The predicted molar refractivity (Wildman–Crippen MR) is 131 cm³/mol. The van der Waals surface area contributed by atoms with Crippen molar-refractivity contribution in [3.63, 3.8) is 0 Å². The summed E-state index contributed by atoms with van der Waals surface area (Å²) in [5.41, 5.74) is 6.50. The molecule has 3 amide bonds. The number of thiocarbonyl (C=S) groups is 1. The minimum Gasteiger partial charge on any atom is -0.496 e. The Bertz CT molecular complexity index is 1020. The van der Waals surface area contributed by atoms with Crippen molar-refractivity contribution >= 4 is 74.9 Å². The molecule has 0 bridgehead atoms. The molecule has 2 aromatic rings. The first kappa shape index (κ1) is 24.8. The number of nitrogens with one attached hydrogen (secondary N) is 4. The zero-order valence-corrected chi connectivity index (χ0v) is 20.4. The SMILES string of the molecule is COc1ccc(C(=O)NC(=S)NNC(=O)CCC(=O)Nc2cccc(Cl)c2C)cc1I. The average molecular weight is 575 g/mol. The summed E-state index contributed by atoms with van der Waals surface area (Å²) >= 11 is 13.1. The fourth-order valence-corrected chi connectivity index (χ4v) is 3.44. The van der Waals surface area contributed by atoms with E-state index in [4.69, 9.17) is 28.6 Å². The second-order valence-corrected chi connectivity index (χ2v) is 8.24. The monoisotopic (exact) mass is 574 g/mol. The van der Waals surface area contributed by atoms with E-state index in [1.54, 1.807) is 50.4 Å². The molecular weight excluding hydrogens is 555 g/mol. The van der Waals surface area contributed by atoms with Gasteiger partial charge in [-0.25, -0.2) is 0 Å². The molecule has 4 N–H and O–H groups in total. The molecule has 0 fully saturated rings. The first-order valence-corrected chi connectivity index (χ1v) is 10.9. The van der Waals surface area contributed by atoms with E-state index in [-0.39, 0.29) is 23.9 Å². The fourth-order valence-electron chi connectivity index (χ4n) is 2.39. The van der Waals surface area contributed by atoms with Crippen LogP contribution in [0.25, 0.3) is 0 Å². The molecule has 0 aliphatic heterocycles. The Morgan fingerprint density at radius 3 is 2.48 bits per heavy atom. The first-order chi connectivity index (χ1) is 14.7. The molecule has 164 valence electrons. The van der Waals surface area contributed by atoms with E-state index in [9.17, 15) is 14.4 Å². The Morgan fingerprint density at radius 1 is 1.10 bits per heavy atom. The van der Waals surface area contributed by atoms with Crippen LogP contribution in [-0.2, 0) is 9.59 Å². The third kappa shape index (κ3) is 7.64. The van der Waals surface area contributed by atoms with Crippen molar-refractivity contribution in [2.75, 3.05) is 12.4 Å². The number of methoxy groups -OCH3 is 1. The number of hydrogen-bond acceptors (Lipinski definition) is 5. The number of amides is 3. The third-order valence-electron chi connectivity index (χ3n) is 4.08. The van der Waals surface area contributed by atoms with Crippen LogP contribution in [0.15, 0.2) is 36.4 Å². The fraction of sp³-hybridized carbons (Fsp3) is 0.200. The van der Waals surface area contributed by atoms with Crippen LogP contribution < -0.4 is 26.2 Å². The van der Waals surface area contributed by atoms with Crippen LogP contribution in [0.3, 0.4) is 0 Å². The van der Waals surface area contributed by atoms with Gasteiger partial charge in [0.15, 0.2) is 5.11 Å². The van der Waals surface area contributed by atoms with Gasteiger partial charge in [0.05, 0.1) is 10.7 Å². The summed E-state index contributed by atoms with van der Waals surface area (Å²) in [7, 11) is 1.54. The Morgan fingerprint density at radius 2 is 1.81 bits per heavy atom. The van der Waals surface area contributed by atoms with Crippen LogP contribution in [0.4, 0.5) is 5.69 Å². The minimum absolute atomic E-state index is 0.0388. The van der Waals surface area contributed by atoms with Crippen LogP contribution >= 0.6 is 46.4 Å². The van der Waals surface area contributed by atoms with Gasteiger partial charge in [0, 0.05) is 29.1 Å². The Kier molecular flexibility index (Phi) is 9.46. The maximum absolute atomic E-state index is 12.2. The number of carbonyl (C=O) groups is 3. The van der Waals surface area contributed by atoms with Crippen LogP contribution in [0.5, 0.6) is 5.75 Å². The van der Waals surface area contributed by atoms with E-state index in [1.807, 2.05) is 0 Å². The maximum atomic E-state index is 12.2. The van der Waals surface area contributed by atoms with Crippen molar-refractivity contribution in [3.05, 3.63) is 56.1 Å². The molecule has 0 aromatic heterocycles. The Balaban J connectivity index is 1.74. The van der Waals surface area contributed by atoms with E-state index < -0.39 is 11.8 Å². The predicted octanol–water partition coefficient (Wildman–Crippen LogP) is 3.32. The van der Waals surface area contributed by atoms with Gasteiger partial charge >= 0.3 is 0 Å². The summed E-state index contributed by atoms with van der Waals surface area (Å²) < 4.78 is 5.92. The van der Waals surface area contributed by atoms with Gasteiger partial charge in [0.25, 0.3) is 5.91 Å². The van der Waals surface area contributed by atoms with Crippen LogP contribution in [0.1, 0.15) is 28.8 Å². The number of halogens is 2. The molecule has 11 heteroatoms. The summed E-state index contributed by atoms with van der Waals surface area (Å²) in [4.78, 5) is 36.2. The number of rotatable bonds is 6. The number of benzene rings is 2. The normalized spacial score (nSPS) is 10.1. The van der Waals surface area contributed by atoms with Crippen molar-refractivity contribution in [2.24, 2.45) is 0 Å². The molecule has 0 saturated heterocycles. The lowest BCUT2D eigenvalue weighted by Gasteiger charge is -2.12. The molecule has 2 aromatic carbocycles. The number of ether oxygens (including phenoxy) is 1. The van der Waals surface area contributed by atoms with Crippen LogP contribution in [0.2, 0.25) is 5.02 Å². The second kappa shape index (κ2) is 11.8. The Hall–Kier alpha value is -2.44. The van der Waals surface area contributed by atoms with Crippen molar-refractivity contribution in [1.82, 2.24) is 16.2 Å².